The number of rotatable bonds is 5. The molecule has 0 radical (unpaired) electrons. The number of nitrogens with one attached hydrogen (secondary N) is 3. The molecular formula is C23H18ClN5O2S. The zero-order valence-corrected chi connectivity index (χ0v) is 18.3. The van der Waals surface area contributed by atoms with Gasteiger partial charge in [-0.25, -0.2) is 15.2 Å². The molecule has 9 heteroatoms. The summed E-state index contributed by atoms with van der Waals surface area (Å²) in [5.41, 5.74) is 7.67. The molecule has 2 aromatic heterocycles. The number of benzene rings is 2. The number of anilines is 1. The highest BCUT2D eigenvalue weighted by Crippen LogP contribution is 2.27. The van der Waals surface area contributed by atoms with Crippen molar-refractivity contribution in [3.8, 4) is 0 Å². The lowest BCUT2D eigenvalue weighted by atomic mass is 10.1. The molecule has 2 heterocycles. The van der Waals surface area contributed by atoms with Crippen molar-refractivity contribution in [3.05, 3.63) is 95.3 Å². The van der Waals surface area contributed by atoms with Gasteiger partial charge in [-0.3, -0.25) is 15.2 Å². The number of urea groups is 1. The van der Waals surface area contributed by atoms with Crippen molar-refractivity contribution < 1.29 is 9.59 Å². The van der Waals surface area contributed by atoms with Gasteiger partial charge in [-0.1, -0.05) is 29.8 Å². The summed E-state index contributed by atoms with van der Waals surface area (Å²) in [6.07, 6.45) is 3.40. The second-order valence-corrected chi connectivity index (χ2v) is 8.07. The number of hydrazine groups is 1. The number of halogens is 1. The van der Waals surface area contributed by atoms with Gasteiger partial charge in [0.05, 0.1) is 11.1 Å². The Morgan fingerprint density at radius 2 is 1.69 bits per heavy atom. The normalized spacial score (nSPS) is 10.5. The Kier molecular flexibility index (Phi) is 6.84. The predicted molar refractivity (Wildman–Crippen MR) is 127 cm³/mol. The maximum Gasteiger partial charge on any atom is 0.337 e. The number of hydrogen-bond donors (Lipinski definition) is 3. The fourth-order valence-electron chi connectivity index (χ4n) is 2.98. The standard InChI is InChI=1S/C23H18ClN5O2S/c24-16-7-9-17(10-8-16)27-23(31)29-28-21(30)19-5-3-12-26-22(19)32-14-15-11-13-25-20-6-2-1-4-18(15)20/h1-13H,14H2,(H,28,30)(H2,27,29,31). The molecule has 0 saturated heterocycles. The molecule has 3 amide bonds. The van der Waals surface area contributed by atoms with E-state index in [2.05, 4.69) is 26.1 Å². The minimum Gasteiger partial charge on any atom is -0.307 e. The summed E-state index contributed by atoms with van der Waals surface area (Å²) in [6.45, 7) is 0. The predicted octanol–water partition coefficient (Wildman–Crippen LogP) is 5.04. The highest BCUT2D eigenvalue weighted by atomic mass is 35.5. The van der Waals surface area contributed by atoms with Gasteiger partial charge in [-0.2, -0.15) is 0 Å². The lowest BCUT2D eigenvalue weighted by Crippen LogP contribution is -2.44. The maximum absolute atomic E-state index is 12.7. The summed E-state index contributed by atoms with van der Waals surface area (Å²) in [4.78, 5) is 33.4. The molecule has 4 rings (SSSR count). The Labute approximate surface area is 193 Å². The highest BCUT2D eigenvalue weighted by Gasteiger charge is 2.14. The summed E-state index contributed by atoms with van der Waals surface area (Å²) in [7, 11) is 0. The fraction of sp³-hybridized carbons (Fsp3) is 0.0435. The molecule has 4 aromatic rings. The van der Waals surface area contributed by atoms with Crippen molar-refractivity contribution in [3.63, 3.8) is 0 Å². The topological polar surface area (TPSA) is 96.0 Å². The molecule has 0 fully saturated rings. The summed E-state index contributed by atoms with van der Waals surface area (Å²) in [5, 5.41) is 4.79. The van der Waals surface area contributed by atoms with Gasteiger partial charge in [0.2, 0.25) is 0 Å². The fourth-order valence-corrected chi connectivity index (χ4v) is 4.10. The zero-order chi connectivity index (χ0) is 22.3. The molecule has 0 atom stereocenters. The lowest BCUT2D eigenvalue weighted by Gasteiger charge is -2.11. The van der Waals surface area contributed by atoms with E-state index < -0.39 is 11.9 Å². The van der Waals surface area contributed by atoms with Gasteiger partial charge in [-0.05, 0) is 54.1 Å². The Morgan fingerprint density at radius 3 is 2.53 bits per heavy atom. The number of fused-ring (bicyclic) bond motifs is 1. The van der Waals surface area contributed by atoms with Crippen molar-refractivity contribution >= 4 is 51.9 Å². The number of aromatic nitrogens is 2. The first-order valence-electron chi connectivity index (χ1n) is 9.63. The van der Waals surface area contributed by atoms with Crippen LogP contribution < -0.4 is 16.2 Å². The smallest absolute Gasteiger partial charge is 0.307 e. The third-order valence-corrected chi connectivity index (χ3v) is 5.82. The van der Waals surface area contributed by atoms with Crippen LogP contribution in [-0.4, -0.2) is 21.9 Å². The molecular weight excluding hydrogens is 446 g/mol. The number of amides is 3. The molecule has 0 spiro atoms. The SMILES string of the molecule is O=C(NNC(=O)c1cccnc1SCc1ccnc2ccccc12)Nc1ccc(Cl)cc1. The van der Waals surface area contributed by atoms with Crippen LogP contribution >= 0.6 is 23.4 Å². The molecule has 0 saturated carbocycles. The van der Waals surface area contributed by atoms with Crippen molar-refractivity contribution in [2.24, 2.45) is 0 Å². The number of carbonyl (C=O) groups excluding carboxylic acids is 2. The van der Waals surface area contributed by atoms with Gasteiger partial charge >= 0.3 is 6.03 Å². The minimum absolute atomic E-state index is 0.364. The molecule has 160 valence electrons. The van der Waals surface area contributed by atoms with Crippen molar-refractivity contribution in [2.45, 2.75) is 10.8 Å². The van der Waals surface area contributed by atoms with E-state index in [4.69, 9.17) is 11.6 Å². The van der Waals surface area contributed by atoms with Crippen LogP contribution in [-0.2, 0) is 5.75 Å². The average molecular weight is 464 g/mol. The van der Waals surface area contributed by atoms with Gasteiger partial charge in [0, 0.05) is 34.2 Å². The van der Waals surface area contributed by atoms with Crippen LogP contribution in [0.4, 0.5) is 10.5 Å². The van der Waals surface area contributed by atoms with Gasteiger partial charge in [0.1, 0.15) is 5.03 Å². The van der Waals surface area contributed by atoms with E-state index in [-0.39, 0.29) is 0 Å². The Hall–Kier alpha value is -3.62. The van der Waals surface area contributed by atoms with E-state index in [1.807, 2.05) is 30.3 Å². The first kappa shape index (κ1) is 21.6. The average Bonchev–Trinajstić information content (AvgIpc) is 2.83. The Bertz CT molecular complexity index is 1260. The number of nitrogens with zero attached hydrogens (tertiary/aromatic N) is 2. The highest BCUT2D eigenvalue weighted by molar-refractivity contribution is 7.98. The first-order valence-corrected chi connectivity index (χ1v) is 11.0. The number of hydrogen-bond acceptors (Lipinski definition) is 5. The summed E-state index contributed by atoms with van der Waals surface area (Å²) >= 11 is 7.27. The van der Waals surface area contributed by atoms with Crippen molar-refractivity contribution in [1.29, 1.82) is 0 Å². The summed E-state index contributed by atoms with van der Waals surface area (Å²) in [5.74, 6) is 0.150. The molecule has 0 aliphatic heterocycles. The van der Waals surface area contributed by atoms with Gasteiger partial charge in [0.15, 0.2) is 0 Å². The lowest BCUT2D eigenvalue weighted by molar-refractivity contribution is 0.0934. The van der Waals surface area contributed by atoms with Gasteiger partial charge in [-0.15, -0.1) is 11.8 Å². The molecule has 0 unspecified atom stereocenters. The number of pyridine rings is 2. The first-order chi connectivity index (χ1) is 15.6. The van der Waals surface area contributed by atoms with E-state index >= 15 is 0 Å². The van der Waals surface area contributed by atoms with Crippen LogP contribution in [0.5, 0.6) is 0 Å². The van der Waals surface area contributed by atoms with Gasteiger partial charge in [0.25, 0.3) is 5.91 Å². The van der Waals surface area contributed by atoms with Crippen LogP contribution in [0.3, 0.4) is 0 Å². The van der Waals surface area contributed by atoms with E-state index in [0.29, 0.717) is 27.1 Å². The van der Waals surface area contributed by atoms with Crippen molar-refractivity contribution in [1.82, 2.24) is 20.8 Å². The molecule has 32 heavy (non-hydrogen) atoms. The van der Waals surface area contributed by atoms with Crippen LogP contribution in [0.2, 0.25) is 5.02 Å². The van der Waals surface area contributed by atoms with Crippen LogP contribution in [0, 0.1) is 0 Å². The molecule has 0 aliphatic carbocycles. The van der Waals surface area contributed by atoms with E-state index in [1.165, 1.54) is 11.8 Å². The third-order valence-electron chi connectivity index (χ3n) is 4.51. The molecule has 0 bridgehead atoms. The van der Waals surface area contributed by atoms with Crippen molar-refractivity contribution in [2.75, 3.05) is 5.32 Å². The van der Waals surface area contributed by atoms with Crippen LogP contribution in [0.15, 0.2) is 84.1 Å². The van der Waals surface area contributed by atoms with E-state index in [1.54, 1.807) is 48.8 Å². The van der Waals surface area contributed by atoms with Crippen LogP contribution in [0.25, 0.3) is 10.9 Å². The Morgan fingerprint density at radius 1 is 0.875 bits per heavy atom. The number of para-hydroxylation sites is 1. The largest absolute Gasteiger partial charge is 0.337 e. The second-order valence-electron chi connectivity index (χ2n) is 6.67. The molecule has 7 nitrogen and oxygen atoms in total. The minimum atomic E-state index is -0.581. The Balaban J connectivity index is 1.39. The molecule has 3 N–H and O–H groups in total. The molecule has 2 aromatic carbocycles. The van der Waals surface area contributed by atoms with E-state index in [0.717, 1.165) is 16.5 Å². The second kappa shape index (κ2) is 10.1. The monoisotopic (exact) mass is 463 g/mol. The van der Waals surface area contributed by atoms with E-state index in [9.17, 15) is 9.59 Å². The van der Waals surface area contributed by atoms with Crippen LogP contribution in [0.1, 0.15) is 15.9 Å². The number of carbonyl (C=O) groups is 2. The quantitative estimate of drug-likeness (QED) is 0.284. The molecule has 0 aliphatic rings. The number of thioether (sulfide) groups is 1. The summed E-state index contributed by atoms with van der Waals surface area (Å²) in [6, 6.07) is 19.2. The van der Waals surface area contributed by atoms with Gasteiger partial charge < -0.3 is 5.32 Å². The maximum atomic E-state index is 12.7. The third kappa shape index (κ3) is 5.35. The zero-order valence-electron chi connectivity index (χ0n) is 16.7. The summed E-state index contributed by atoms with van der Waals surface area (Å²) < 4.78 is 0.